The highest BCUT2D eigenvalue weighted by Gasteiger charge is 2.24. The number of anilines is 2. The molecule has 0 radical (unpaired) electrons. The van der Waals surface area contributed by atoms with Crippen LogP contribution in [-0.4, -0.2) is 25.0 Å². The number of benzene rings is 2. The monoisotopic (exact) mass is 394 g/mol. The number of rotatable bonds is 7. The molecule has 1 N–H and O–H groups in total. The Morgan fingerprint density at radius 3 is 2.59 bits per heavy atom. The fourth-order valence-corrected chi connectivity index (χ4v) is 3.43. The van der Waals surface area contributed by atoms with E-state index in [4.69, 9.17) is 4.74 Å². The van der Waals surface area contributed by atoms with Crippen LogP contribution in [-0.2, 0) is 11.2 Å². The van der Waals surface area contributed by atoms with Crippen LogP contribution in [0.2, 0.25) is 0 Å². The molecule has 2 aromatic carbocycles. The van der Waals surface area contributed by atoms with Crippen molar-refractivity contribution in [1.29, 1.82) is 0 Å². The lowest BCUT2D eigenvalue weighted by Gasteiger charge is -2.31. The smallest absolute Gasteiger partial charge is 0.255 e. The van der Waals surface area contributed by atoms with E-state index in [2.05, 4.69) is 12.2 Å². The summed E-state index contributed by atoms with van der Waals surface area (Å²) in [6.07, 6.45) is 4.01. The summed E-state index contributed by atoms with van der Waals surface area (Å²) in [6, 6.07) is 13.0. The molecule has 29 heavy (non-hydrogen) atoms. The Hall–Kier alpha value is -2.82. The first kappa shape index (κ1) is 20.9. The van der Waals surface area contributed by atoms with E-state index in [0.717, 1.165) is 49.2 Å². The SMILES string of the molecule is CCCCOc1ccc(C(=O)Nc2ccc3c(c2)N(C(=O)C(C)C)CCC3)cc1. The highest BCUT2D eigenvalue weighted by Crippen LogP contribution is 2.31. The van der Waals surface area contributed by atoms with Crippen LogP contribution in [0.25, 0.3) is 0 Å². The summed E-state index contributed by atoms with van der Waals surface area (Å²) < 4.78 is 5.65. The van der Waals surface area contributed by atoms with Crippen molar-refractivity contribution in [3.05, 3.63) is 53.6 Å². The number of aryl methyl sites for hydroxylation is 1. The molecule has 0 aromatic heterocycles. The summed E-state index contributed by atoms with van der Waals surface area (Å²) in [5.41, 5.74) is 3.32. The fourth-order valence-electron chi connectivity index (χ4n) is 3.43. The summed E-state index contributed by atoms with van der Waals surface area (Å²) in [5, 5.41) is 2.95. The number of carbonyl (C=O) groups is 2. The summed E-state index contributed by atoms with van der Waals surface area (Å²) >= 11 is 0. The average Bonchev–Trinajstić information content (AvgIpc) is 2.73. The van der Waals surface area contributed by atoms with Crippen molar-refractivity contribution in [3.8, 4) is 5.75 Å². The molecule has 5 heteroatoms. The van der Waals surface area contributed by atoms with Crippen molar-refractivity contribution in [2.75, 3.05) is 23.4 Å². The van der Waals surface area contributed by atoms with Gasteiger partial charge in [0.2, 0.25) is 5.91 Å². The molecule has 0 unspecified atom stereocenters. The van der Waals surface area contributed by atoms with Gasteiger partial charge in [-0.25, -0.2) is 0 Å². The number of carbonyl (C=O) groups excluding carboxylic acids is 2. The van der Waals surface area contributed by atoms with Crippen LogP contribution in [0.1, 0.15) is 56.0 Å². The van der Waals surface area contributed by atoms with Gasteiger partial charge in [-0.2, -0.15) is 0 Å². The molecule has 5 nitrogen and oxygen atoms in total. The summed E-state index contributed by atoms with van der Waals surface area (Å²) in [4.78, 5) is 27.1. The van der Waals surface area contributed by atoms with Gasteiger partial charge in [0, 0.05) is 29.4 Å². The number of ether oxygens (including phenoxy) is 1. The number of fused-ring (bicyclic) bond motifs is 1. The molecule has 0 spiro atoms. The van der Waals surface area contributed by atoms with Crippen molar-refractivity contribution in [2.45, 2.75) is 46.5 Å². The van der Waals surface area contributed by atoms with Crippen LogP contribution in [0.15, 0.2) is 42.5 Å². The molecule has 2 aromatic rings. The van der Waals surface area contributed by atoms with Crippen molar-refractivity contribution in [1.82, 2.24) is 0 Å². The molecule has 1 aliphatic heterocycles. The Morgan fingerprint density at radius 2 is 1.90 bits per heavy atom. The van der Waals surface area contributed by atoms with Crippen molar-refractivity contribution in [3.63, 3.8) is 0 Å². The van der Waals surface area contributed by atoms with Crippen LogP contribution in [0, 0.1) is 5.92 Å². The highest BCUT2D eigenvalue weighted by molar-refractivity contribution is 6.05. The van der Waals surface area contributed by atoms with E-state index in [0.29, 0.717) is 17.9 Å². The van der Waals surface area contributed by atoms with Gasteiger partial charge in [-0.05, 0) is 61.2 Å². The standard InChI is InChI=1S/C24H30N2O3/c1-4-5-15-29-21-12-9-19(10-13-21)23(27)25-20-11-8-18-7-6-14-26(22(18)16-20)24(28)17(2)3/h8-13,16-17H,4-7,14-15H2,1-3H3,(H,25,27). The largest absolute Gasteiger partial charge is 0.494 e. The number of unbranched alkanes of at least 4 members (excludes halogenated alkanes) is 1. The zero-order chi connectivity index (χ0) is 20.8. The van der Waals surface area contributed by atoms with Crippen LogP contribution in [0.3, 0.4) is 0 Å². The van der Waals surface area contributed by atoms with Crippen molar-refractivity contribution in [2.24, 2.45) is 5.92 Å². The fraction of sp³-hybridized carbons (Fsp3) is 0.417. The van der Waals surface area contributed by atoms with Gasteiger partial charge in [0.1, 0.15) is 5.75 Å². The first-order valence-electron chi connectivity index (χ1n) is 10.5. The molecule has 0 bridgehead atoms. The minimum atomic E-state index is -0.178. The van der Waals surface area contributed by atoms with Gasteiger partial charge in [0.15, 0.2) is 0 Å². The van der Waals surface area contributed by atoms with Gasteiger partial charge >= 0.3 is 0 Å². The minimum Gasteiger partial charge on any atom is -0.494 e. The maximum absolute atomic E-state index is 12.6. The molecular formula is C24H30N2O3. The van der Waals surface area contributed by atoms with Gasteiger partial charge in [0.25, 0.3) is 5.91 Å². The van der Waals surface area contributed by atoms with E-state index >= 15 is 0 Å². The normalized spacial score (nSPS) is 13.2. The molecule has 0 aliphatic carbocycles. The third-order valence-electron chi connectivity index (χ3n) is 5.10. The molecule has 1 aliphatic rings. The Bertz CT molecular complexity index is 859. The maximum atomic E-state index is 12.6. The van der Waals surface area contributed by atoms with E-state index in [9.17, 15) is 9.59 Å². The second kappa shape index (κ2) is 9.59. The van der Waals surface area contributed by atoms with Gasteiger partial charge < -0.3 is 15.0 Å². The number of nitrogens with zero attached hydrogens (tertiary/aromatic N) is 1. The van der Waals surface area contributed by atoms with Crippen molar-refractivity contribution >= 4 is 23.2 Å². The van der Waals surface area contributed by atoms with E-state index in [1.54, 1.807) is 12.1 Å². The van der Waals surface area contributed by atoms with E-state index < -0.39 is 0 Å². The molecule has 0 fully saturated rings. The molecule has 2 amide bonds. The van der Waals surface area contributed by atoms with E-state index in [-0.39, 0.29) is 17.7 Å². The van der Waals surface area contributed by atoms with Gasteiger partial charge in [0.05, 0.1) is 6.61 Å². The zero-order valence-corrected chi connectivity index (χ0v) is 17.5. The maximum Gasteiger partial charge on any atom is 0.255 e. The molecule has 3 rings (SSSR count). The summed E-state index contributed by atoms with van der Waals surface area (Å²) in [6.45, 7) is 7.36. The second-order valence-corrected chi connectivity index (χ2v) is 7.77. The third-order valence-corrected chi connectivity index (χ3v) is 5.10. The van der Waals surface area contributed by atoms with Crippen LogP contribution >= 0.6 is 0 Å². The number of hydrogen-bond donors (Lipinski definition) is 1. The lowest BCUT2D eigenvalue weighted by molar-refractivity contribution is -0.121. The van der Waals surface area contributed by atoms with Crippen molar-refractivity contribution < 1.29 is 14.3 Å². The number of amides is 2. The molecule has 154 valence electrons. The first-order chi connectivity index (χ1) is 14.0. The van der Waals surface area contributed by atoms with Crippen LogP contribution in [0.5, 0.6) is 5.75 Å². The number of hydrogen-bond acceptors (Lipinski definition) is 3. The quantitative estimate of drug-likeness (QED) is 0.668. The van der Waals surface area contributed by atoms with E-state index in [1.807, 2.05) is 49.1 Å². The molecule has 0 saturated heterocycles. The topological polar surface area (TPSA) is 58.6 Å². The predicted molar refractivity (Wildman–Crippen MR) is 117 cm³/mol. The average molecular weight is 395 g/mol. The Kier molecular flexibility index (Phi) is 6.91. The van der Waals surface area contributed by atoms with Gasteiger partial charge in [-0.3, -0.25) is 9.59 Å². The minimum absolute atomic E-state index is 0.0581. The Balaban J connectivity index is 1.71. The second-order valence-electron chi connectivity index (χ2n) is 7.77. The predicted octanol–water partition coefficient (Wildman–Crippen LogP) is 5.05. The lowest BCUT2D eigenvalue weighted by atomic mass is 9.99. The van der Waals surface area contributed by atoms with Crippen LogP contribution < -0.4 is 15.0 Å². The lowest BCUT2D eigenvalue weighted by Crippen LogP contribution is -2.38. The van der Waals surface area contributed by atoms with Gasteiger partial charge in [-0.1, -0.05) is 33.3 Å². The van der Waals surface area contributed by atoms with Gasteiger partial charge in [-0.15, -0.1) is 0 Å². The first-order valence-corrected chi connectivity index (χ1v) is 10.5. The summed E-state index contributed by atoms with van der Waals surface area (Å²) in [5.74, 6) is 0.652. The molecule has 0 atom stereocenters. The molecular weight excluding hydrogens is 364 g/mol. The van der Waals surface area contributed by atoms with Crippen LogP contribution in [0.4, 0.5) is 11.4 Å². The molecule has 1 heterocycles. The Morgan fingerprint density at radius 1 is 1.14 bits per heavy atom. The van der Waals surface area contributed by atoms with E-state index in [1.165, 1.54) is 0 Å². The molecule has 0 saturated carbocycles. The highest BCUT2D eigenvalue weighted by atomic mass is 16.5. The zero-order valence-electron chi connectivity index (χ0n) is 17.5. The third kappa shape index (κ3) is 5.17. The summed E-state index contributed by atoms with van der Waals surface area (Å²) in [7, 11) is 0. The number of nitrogens with one attached hydrogen (secondary N) is 1. The Labute approximate surface area is 173 Å².